The normalized spacial score (nSPS) is 17.4. The predicted molar refractivity (Wildman–Crippen MR) is 87.4 cm³/mol. The van der Waals surface area contributed by atoms with Gasteiger partial charge in [-0.3, -0.25) is 0 Å². The molecule has 1 aromatic heterocycles. The van der Waals surface area contributed by atoms with E-state index in [-0.39, 0.29) is 11.5 Å². The molecule has 0 bridgehead atoms. The molecule has 1 saturated carbocycles. The zero-order chi connectivity index (χ0) is 14.9. The van der Waals surface area contributed by atoms with Crippen LogP contribution in [0, 0.1) is 0 Å². The van der Waals surface area contributed by atoms with E-state index in [9.17, 15) is 0 Å². The lowest BCUT2D eigenvalue weighted by atomic mass is 9.84. The average molecular weight is 302 g/mol. The summed E-state index contributed by atoms with van der Waals surface area (Å²) < 4.78 is 0. The minimum atomic E-state index is 0.109. The number of nitrogen functional groups attached to an aromatic ring is 1. The van der Waals surface area contributed by atoms with Gasteiger partial charge in [0.25, 0.3) is 0 Å². The predicted octanol–water partition coefficient (Wildman–Crippen LogP) is 3.70. The number of aromatic nitrogens is 1. The molecular weight excluding hydrogens is 282 g/mol. The lowest BCUT2D eigenvalue weighted by Crippen LogP contribution is -2.33. The minimum Gasteiger partial charge on any atom is -0.383 e. The number of nitrogens with one attached hydrogen (secondary N) is 1. The molecule has 3 nitrogen and oxygen atoms in total. The van der Waals surface area contributed by atoms with Crippen LogP contribution in [0.1, 0.15) is 36.9 Å². The maximum absolute atomic E-state index is 6.13. The topological polar surface area (TPSA) is 50.9 Å². The number of anilines is 1. The van der Waals surface area contributed by atoms with Crippen molar-refractivity contribution in [2.24, 2.45) is 0 Å². The third kappa shape index (κ3) is 2.63. The van der Waals surface area contributed by atoms with E-state index < -0.39 is 0 Å². The van der Waals surface area contributed by atoms with Crippen LogP contribution >= 0.6 is 11.6 Å². The highest BCUT2D eigenvalue weighted by molar-refractivity contribution is 6.30. The third-order valence-electron chi connectivity index (χ3n) is 4.33. The quantitative estimate of drug-likeness (QED) is 0.885. The molecule has 2 aromatic rings. The summed E-state index contributed by atoms with van der Waals surface area (Å²) in [5.74, 6) is 0.563. The van der Waals surface area contributed by atoms with Gasteiger partial charge in [-0.2, -0.15) is 0 Å². The van der Waals surface area contributed by atoms with Gasteiger partial charge >= 0.3 is 0 Å². The van der Waals surface area contributed by atoms with E-state index >= 15 is 0 Å². The van der Waals surface area contributed by atoms with Crippen LogP contribution < -0.4 is 11.1 Å². The summed E-state index contributed by atoms with van der Waals surface area (Å²) in [6.45, 7) is 2.99. The summed E-state index contributed by atoms with van der Waals surface area (Å²) in [5.41, 5.74) is 8.58. The Kier molecular flexibility index (Phi) is 3.87. The van der Waals surface area contributed by atoms with Gasteiger partial charge in [0.15, 0.2) is 0 Å². The molecule has 0 saturated heterocycles. The zero-order valence-corrected chi connectivity index (χ0v) is 12.9. The Morgan fingerprint density at radius 1 is 1.33 bits per heavy atom. The first-order valence-corrected chi connectivity index (χ1v) is 7.75. The largest absolute Gasteiger partial charge is 0.383 e. The second kappa shape index (κ2) is 5.66. The molecule has 110 valence electrons. The molecule has 1 aromatic carbocycles. The molecule has 1 aliphatic rings. The molecule has 1 unspecified atom stereocenters. The Labute approximate surface area is 130 Å². The molecule has 3 N–H and O–H groups in total. The van der Waals surface area contributed by atoms with Crippen LogP contribution in [0.5, 0.6) is 0 Å². The van der Waals surface area contributed by atoms with Crippen LogP contribution in [-0.2, 0) is 5.41 Å². The molecule has 1 atom stereocenters. The van der Waals surface area contributed by atoms with E-state index in [2.05, 4.69) is 47.6 Å². The highest BCUT2D eigenvalue weighted by Gasteiger charge is 2.51. The summed E-state index contributed by atoms with van der Waals surface area (Å²) >= 11 is 6.13. The first-order chi connectivity index (χ1) is 10.2. The fourth-order valence-electron chi connectivity index (χ4n) is 3.15. The van der Waals surface area contributed by atoms with Gasteiger partial charge in [-0.25, -0.2) is 4.98 Å². The lowest BCUT2D eigenvalue weighted by Gasteiger charge is -2.29. The fourth-order valence-corrected chi connectivity index (χ4v) is 3.32. The van der Waals surface area contributed by atoms with Crippen molar-refractivity contribution in [3.8, 4) is 0 Å². The van der Waals surface area contributed by atoms with Gasteiger partial charge in [0.1, 0.15) is 5.82 Å². The Morgan fingerprint density at radius 3 is 2.67 bits per heavy atom. The fraction of sp³-hybridized carbons (Fsp3) is 0.353. The average Bonchev–Trinajstić information content (AvgIpc) is 3.30. The standard InChI is InChI=1S/C17H20ClN3/c1-2-20-15(14-10-13(18)11-21-16(14)19)17(8-9-17)12-6-4-3-5-7-12/h3-7,10-11,15,20H,2,8-9H2,1H3,(H2,19,21). The zero-order valence-electron chi connectivity index (χ0n) is 12.1. The third-order valence-corrected chi connectivity index (χ3v) is 4.53. The SMILES string of the molecule is CCNC(c1cc(Cl)cnc1N)C1(c2ccccc2)CC1. The molecule has 0 spiro atoms. The van der Waals surface area contributed by atoms with Gasteiger partial charge in [0.05, 0.1) is 5.02 Å². The molecule has 1 fully saturated rings. The minimum absolute atomic E-state index is 0.109. The molecule has 0 radical (unpaired) electrons. The van der Waals surface area contributed by atoms with E-state index in [1.54, 1.807) is 6.20 Å². The summed E-state index contributed by atoms with van der Waals surface area (Å²) in [6.07, 6.45) is 3.91. The summed E-state index contributed by atoms with van der Waals surface area (Å²) in [4.78, 5) is 4.22. The number of nitrogens with two attached hydrogens (primary N) is 1. The number of pyridine rings is 1. The van der Waals surface area contributed by atoms with Gasteiger partial charge in [-0.05, 0) is 31.0 Å². The molecule has 3 rings (SSSR count). The van der Waals surface area contributed by atoms with Crippen LogP contribution in [0.15, 0.2) is 42.6 Å². The molecule has 21 heavy (non-hydrogen) atoms. The molecule has 1 heterocycles. The Balaban J connectivity index is 2.04. The Morgan fingerprint density at radius 2 is 2.05 bits per heavy atom. The number of rotatable bonds is 5. The highest BCUT2D eigenvalue weighted by atomic mass is 35.5. The van der Waals surface area contributed by atoms with E-state index in [1.165, 1.54) is 5.56 Å². The van der Waals surface area contributed by atoms with Crippen molar-refractivity contribution < 1.29 is 0 Å². The maximum Gasteiger partial charge on any atom is 0.128 e. The van der Waals surface area contributed by atoms with E-state index in [0.717, 1.165) is 24.9 Å². The number of halogens is 1. The molecule has 4 heteroatoms. The second-order valence-corrected chi connectivity index (χ2v) is 6.08. The monoisotopic (exact) mass is 301 g/mol. The van der Waals surface area contributed by atoms with Crippen LogP contribution in [0.4, 0.5) is 5.82 Å². The van der Waals surface area contributed by atoms with E-state index in [0.29, 0.717) is 10.8 Å². The van der Waals surface area contributed by atoms with Gasteiger partial charge in [-0.15, -0.1) is 0 Å². The lowest BCUT2D eigenvalue weighted by molar-refractivity contribution is 0.440. The second-order valence-electron chi connectivity index (χ2n) is 5.64. The van der Waals surface area contributed by atoms with Gasteiger partial charge in [0.2, 0.25) is 0 Å². The van der Waals surface area contributed by atoms with Crippen molar-refractivity contribution in [1.29, 1.82) is 0 Å². The summed E-state index contributed by atoms with van der Waals surface area (Å²) in [5, 5.41) is 4.22. The van der Waals surface area contributed by atoms with Crippen LogP contribution in [0.2, 0.25) is 5.02 Å². The van der Waals surface area contributed by atoms with Crippen molar-refractivity contribution in [2.45, 2.75) is 31.2 Å². The molecular formula is C17H20ClN3. The maximum atomic E-state index is 6.13. The van der Waals surface area contributed by atoms with Gasteiger partial charge in [0, 0.05) is 23.2 Å². The molecule has 1 aliphatic carbocycles. The van der Waals surface area contributed by atoms with Crippen LogP contribution in [-0.4, -0.2) is 11.5 Å². The van der Waals surface area contributed by atoms with Crippen LogP contribution in [0.3, 0.4) is 0 Å². The Hall–Kier alpha value is -1.58. The first-order valence-electron chi connectivity index (χ1n) is 7.37. The summed E-state index contributed by atoms with van der Waals surface area (Å²) in [7, 11) is 0. The van der Waals surface area contributed by atoms with Crippen LogP contribution in [0.25, 0.3) is 0 Å². The van der Waals surface area contributed by atoms with E-state index in [4.69, 9.17) is 17.3 Å². The van der Waals surface area contributed by atoms with Crippen molar-refractivity contribution in [2.75, 3.05) is 12.3 Å². The smallest absolute Gasteiger partial charge is 0.128 e. The molecule has 0 amide bonds. The Bertz CT molecular complexity index is 623. The number of hydrogen-bond acceptors (Lipinski definition) is 3. The van der Waals surface area contributed by atoms with Crippen molar-refractivity contribution >= 4 is 17.4 Å². The highest BCUT2D eigenvalue weighted by Crippen LogP contribution is 2.57. The van der Waals surface area contributed by atoms with Crippen molar-refractivity contribution in [3.63, 3.8) is 0 Å². The van der Waals surface area contributed by atoms with E-state index in [1.807, 2.05) is 6.07 Å². The summed E-state index contributed by atoms with van der Waals surface area (Å²) in [6, 6.07) is 12.7. The van der Waals surface area contributed by atoms with Crippen molar-refractivity contribution in [3.05, 3.63) is 58.7 Å². The van der Waals surface area contributed by atoms with Crippen molar-refractivity contribution in [1.82, 2.24) is 10.3 Å². The van der Waals surface area contributed by atoms with Gasteiger partial charge in [-0.1, -0.05) is 48.9 Å². The first kappa shape index (κ1) is 14.4. The van der Waals surface area contributed by atoms with Gasteiger partial charge < -0.3 is 11.1 Å². The molecule has 0 aliphatic heterocycles. The number of benzene rings is 1. The number of nitrogens with zero attached hydrogens (tertiary/aromatic N) is 1. The number of hydrogen-bond donors (Lipinski definition) is 2. The number of likely N-dealkylation sites (N-methyl/N-ethyl adjacent to an activating group) is 1.